The van der Waals surface area contributed by atoms with E-state index in [0.717, 1.165) is 19.3 Å². The Kier molecular flexibility index (Phi) is 5.80. The van der Waals surface area contributed by atoms with Crippen LogP contribution in [-0.2, 0) is 0 Å². The predicted octanol–water partition coefficient (Wildman–Crippen LogP) is 1.68. The molecular formula is C12H24N4O. The van der Waals surface area contributed by atoms with E-state index in [2.05, 4.69) is 5.32 Å². The fraction of sp³-hybridized carbons (Fsp3) is 0.833. The minimum Gasteiger partial charge on any atom is -0.386 e. The maximum Gasteiger partial charge on any atom is 0.318 e. The number of rotatable bonds is 5. The predicted molar refractivity (Wildman–Crippen MR) is 69.2 cm³/mol. The van der Waals surface area contributed by atoms with Crippen molar-refractivity contribution in [1.82, 2.24) is 10.2 Å². The van der Waals surface area contributed by atoms with E-state index in [9.17, 15) is 4.79 Å². The van der Waals surface area contributed by atoms with E-state index in [4.69, 9.17) is 11.1 Å². The van der Waals surface area contributed by atoms with Crippen LogP contribution in [0.3, 0.4) is 0 Å². The number of urea groups is 1. The van der Waals surface area contributed by atoms with Crippen molar-refractivity contribution in [2.24, 2.45) is 5.73 Å². The molecule has 0 aromatic carbocycles. The minimum absolute atomic E-state index is 0.0391. The van der Waals surface area contributed by atoms with Gasteiger partial charge in [-0.25, -0.2) is 4.79 Å². The first kappa shape index (κ1) is 13.8. The molecule has 17 heavy (non-hydrogen) atoms. The molecule has 0 aliphatic heterocycles. The number of nitrogens with two attached hydrogens (primary N) is 1. The first-order valence-corrected chi connectivity index (χ1v) is 6.51. The molecule has 0 heterocycles. The average Bonchev–Trinajstić information content (AvgIpc) is 2.29. The molecule has 0 unspecified atom stereocenters. The lowest BCUT2D eigenvalue weighted by atomic mass is 9.96. The van der Waals surface area contributed by atoms with E-state index in [1.165, 1.54) is 19.3 Å². The van der Waals surface area contributed by atoms with E-state index < -0.39 is 0 Å². The van der Waals surface area contributed by atoms with Crippen LogP contribution in [0, 0.1) is 5.41 Å². The van der Waals surface area contributed by atoms with Gasteiger partial charge in [-0.2, -0.15) is 0 Å². The van der Waals surface area contributed by atoms with Crippen LogP contribution in [0.2, 0.25) is 0 Å². The summed E-state index contributed by atoms with van der Waals surface area (Å²) in [6.07, 6.45) is 6.71. The van der Waals surface area contributed by atoms with Crippen LogP contribution in [-0.4, -0.2) is 35.9 Å². The van der Waals surface area contributed by atoms with Gasteiger partial charge in [-0.15, -0.1) is 0 Å². The number of nitrogens with one attached hydrogen (secondary N) is 2. The van der Waals surface area contributed by atoms with Gasteiger partial charge >= 0.3 is 6.03 Å². The molecule has 4 N–H and O–H groups in total. The normalized spacial score (nSPS) is 16.5. The molecule has 0 saturated heterocycles. The molecule has 0 bridgehead atoms. The van der Waals surface area contributed by atoms with Crippen LogP contribution in [0.25, 0.3) is 0 Å². The van der Waals surface area contributed by atoms with Gasteiger partial charge in [0.15, 0.2) is 0 Å². The molecule has 1 rings (SSSR count). The summed E-state index contributed by atoms with van der Waals surface area (Å²) in [7, 11) is 0. The Balaban J connectivity index is 2.42. The zero-order valence-electron chi connectivity index (χ0n) is 10.7. The summed E-state index contributed by atoms with van der Waals surface area (Å²) in [5.41, 5.74) is 5.36. The largest absolute Gasteiger partial charge is 0.386 e. The summed E-state index contributed by atoms with van der Waals surface area (Å²) in [4.78, 5) is 13.6. The Morgan fingerprint density at radius 2 is 2.06 bits per heavy atom. The number of hydrogen-bond donors (Lipinski definition) is 3. The van der Waals surface area contributed by atoms with Gasteiger partial charge in [-0.3, -0.25) is 5.41 Å². The molecule has 5 nitrogen and oxygen atoms in total. The van der Waals surface area contributed by atoms with Crippen LogP contribution in [0.1, 0.15) is 45.4 Å². The molecular weight excluding hydrogens is 216 g/mol. The van der Waals surface area contributed by atoms with Crippen LogP contribution < -0.4 is 11.1 Å². The molecule has 0 radical (unpaired) electrons. The summed E-state index contributed by atoms with van der Waals surface area (Å²) < 4.78 is 0. The second-order valence-corrected chi connectivity index (χ2v) is 4.73. The van der Waals surface area contributed by atoms with Gasteiger partial charge in [-0.1, -0.05) is 26.2 Å². The Morgan fingerprint density at radius 3 is 2.59 bits per heavy atom. The topological polar surface area (TPSA) is 82.2 Å². The minimum atomic E-state index is -0.0750. The summed E-state index contributed by atoms with van der Waals surface area (Å²) >= 11 is 0. The van der Waals surface area contributed by atoms with Crippen LogP contribution in [0.5, 0.6) is 0 Å². The Bertz CT molecular complexity index is 261. The first-order chi connectivity index (χ1) is 8.13. The molecule has 0 aromatic heterocycles. The third kappa shape index (κ3) is 5.06. The smallest absolute Gasteiger partial charge is 0.318 e. The molecule has 1 aliphatic rings. The molecule has 2 amide bonds. The SMILES string of the molecule is CCCN(CC(=N)N)C(=O)NC1CCCCC1. The highest BCUT2D eigenvalue weighted by Gasteiger charge is 2.19. The van der Waals surface area contributed by atoms with Gasteiger partial charge in [0.1, 0.15) is 5.84 Å². The average molecular weight is 240 g/mol. The van der Waals surface area contributed by atoms with Crippen molar-refractivity contribution in [3.63, 3.8) is 0 Å². The van der Waals surface area contributed by atoms with Gasteiger partial charge in [0.05, 0.1) is 6.54 Å². The number of carbonyl (C=O) groups excluding carboxylic acids is 1. The van der Waals surface area contributed by atoms with Crippen molar-refractivity contribution >= 4 is 11.9 Å². The number of amides is 2. The number of amidine groups is 1. The molecule has 5 heteroatoms. The number of hydrogen-bond acceptors (Lipinski definition) is 2. The highest BCUT2D eigenvalue weighted by molar-refractivity contribution is 5.84. The van der Waals surface area contributed by atoms with E-state index in [-0.39, 0.29) is 18.4 Å². The zero-order chi connectivity index (χ0) is 12.7. The van der Waals surface area contributed by atoms with Gasteiger partial charge < -0.3 is 16.0 Å². The Morgan fingerprint density at radius 1 is 1.41 bits per heavy atom. The lowest BCUT2D eigenvalue weighted by Gasteiger charge is -2.27. The molecule has 98 valence electrons. The van der Waals surface area contributed by atoms with E-state index in [1.54, 1.807) is 4.90 Å². The Hall–Kier alpha value is -1.26. The van der Waals surface area contributed by atoms with Gasteiger partial charge in [0.25, 0.3) is 0 Å². The number of carbonyl (C=O) groups is 1. The summed E-state index contributed by atoms with van der Waals surface area (Å²) in [5, 5.41) is 10.3. The van der Waals surface area contributed by atoms with Crippen LogP contribution in [0.4, 0.5) is 4.79 Å². The van der Waals surface area contributed by atoms with Crippen LogP contribution in [0.15, 0.2) is 0 Å². The van der Waals surface area contributed by atoms with Crippen LogP contribution >= 0.6 is 0 Å². The third-order valence-corrected chi connectivity index (χ3v) is 3.07. The van der Waals surface area contributed by atoms with E-state index in [1.807, 2.05) is 6.92 Å². The lowest BCUT2D eigenvalue weighted by Crippen LogP contribution is -2.48. The van der Waals surface area contributed by atoms with Gasteiger partial charge in [0.2, 0.25) is 0 Å². The molecule has 0 spiro atoms. The monoisotopic (exact) mass is 240 g/mol. The maximum atomic E-state index is 12.0. The van der Waals surface area contributed by atoms with Crippen molar-refractivity contribution < 1.29 is 4.79 Å². The first-order valence-electron chi connectivity index (χ1n) is 6.51. The summed E-state index contributed by atoms with van der Waals surface area (Å²) in [5.74, 6) is 0.0391. The fourth-order valence-corrected chi connectivity index (χ4v) is 2.24. The molecule has 0 atom stereocenters. The third-order valence-electron chi connectivity index (χ3n) is 3.07. The molecule has 1 aliphatic carbocycles. The Labute approximate surface area is 103 Å². The van der Waals surface area contributed by atoms with Crippen molar-refractivity contribution in [1.29, 1.82) is 5.41 Å². The second-order valence-electron chi connectivity index (χ2n) is 4.73. The summed E-state index contributed by atoms with van der Waals surface area (Å²) in [6, 6.07) is 0.233. The zero-order valence-corrected chi connectivity index (χ0v) is 10.7. The highest BCUT2D eigenvalue weighted by Crippen LogP contribution is 2.17. The van der Waals surface area contributed by atoms with Crippen molar-refractivity contribution in [3.8, 4) is 0 Å². The van der Waals surface area contributed by atoms with E-state index >= 15 is 0 Å². The van der Waals surface area contributed by atoms with Crippen molar-refractivity contribution in [3.05, 3.63) is 0 Å². The lowest BCUT2D eigenvalue weighted by molar-refractivity contribution is 0.196. The van der Waals surface area contributed by atoms with E-state index in [0.29, 0.717) is 12.6 Å². The van der Waals surface area contributed by atoms with Crippen molar-refractivity contribution in [2.45, 2.75) is 51.5 Å². The molecule has 1 saturated carbocycles. The van der Waals surface area contributed by atoms with Gasteiger partial charge in [-0.05, 0) is 19.3 Å². The quantitative estimate of drug-likeness (QED) is 0.504. The highest BCUT2D eigenvalue weighted by atomic mass is 16.2. The summed E-state index contributed by atoms with van der Waals surface area (Å²) in [6.45, 7) is 2.89. The van der Waals surface area contributed by atoms with Gasteiger partial charge in [0, 0.05) is 12.6 Å². The van der Waals surface area contributed by atoms with Crippen molar-refractivity contribution in [2.75, 3.05) is 13.1 Å². The number of nitrogens with zero attached hydrogens (tertiary/aromatic N) is 1. The molecule has 0 aromatic rings. The maximum absolute atomic E-state index is 12.0. The molecule has 1 fully saturated rings. The fourth-order valence-electron chi connectivity index (χ4n) is 2.24. The standard InChI is InChI=1S/C12H24N4O/c1-2-8-16(9-11(13)14)12(17)15-10-6-4-3-5-7-10/h10H,2-9H2,1H3,(H3,13,14)(H,15,17). The second kappa shape index (κ2) is 7.14.